The van der Waals surface area contributed by atoms with Gasteiger partial charge in [-0.3, -0.25) is 13.7 Å². The van der Waals surface area contributed by atoms with Crippen molar-refractivity contribution in [1.29, 1.82) is 0 Å². The summed E-state index contributed by atoms with van der Waals surface area (Å²) in [6, 6.07) is 21.5. The molecular formula is C26H25N3O2S. The number of fused-ring (bicyclic) bond motifs is 2. The Morgan fingerprint density at radius 3 is 2.59 bits per heavy atom. The standard InChI is InChI=1S/C26H25N3O2S/c1-32(2,31)22-14-10-18(11-15-22)17-29-24-9-4-3-8-23(24)25(28-29)26(30)27-21-13-12-19-6-5-7-20(19)16-21/h3-4,8-16H,1,5-7,17H2,2H3,(H,27,30). The molecule has 1 N–H and O–H groups in total. The number of carbonyl (C=O) groups excluding carboxylic acids is 1. The zero-order valence-electron chi connectivity index (χ0n) is 18.0. The Morgan fingerprint density at radius 1 is 1.06 bits per heavy atom. The molecule has 0 spiro atoms. The first-order chi connectivity index (χ1) is 15.4. The zero-order chi connectivity index (χ0) is 22.3. The van der Waals surface area contributed by atoms with E-state index in [2.05, 4.69) is 28.4 Å². The number of anilines is 1. The van der Waals surface area contributed by atoms with Crippen molar-refractivity contribution in [1.82, 2.24) is 9.78 Å². The van der Waals surface area contributed by atoms with Crippen LogP contribution in [0.5, 0.6) is 0 Å². The van der Waals surface area contributed by atoms with Crippen molar-refractivity contribution < 1.29 is 9.00 Å². The van der Waals surface area contributed by atoms with Gasteiger partial charge in [0.1, 0.15) is 0 Å². The van der Waals surface area contributed by atoms with Crippen molar-refractivity contribution in [2.24, 2.45) is 0 Å². The van der Waals surface area contributed by atoms with Crippen LogP contribution in [-0.4, -0.2) is 32.0 Å². The van der Waals surface area contributed by atoms with Gasteiger partial charge >= 0.3 is 0 Å². The fraction of sp³-hybridized carbons (Fsp3) is 0.192. The second-order valence-electron chi connectivity index (χ2n) is 8.46. The summed E-state index contributed by atoms with van der Waals surface area (Å²) in [5, 5.41) is 8.50. The van der Waals surface area contributed by atoms with Crippen LogP contribution in [0, 0.1) is 0 Å². The molecule has 1 aliphatic carbocycles. The average molecular weight is 444 g/mol. The summed E-state index contributed by atoms with van der Waals surface area (Å²) in [4.78, 5) is 13.8. The lowest BCUT2D eigenvalue weighted by atomic mass is 10.1. The molecule has 1 atom stereocenters. The largest absolute Gasteiger partial charge is 0.321 e. The molecule has 0 saturated heterocycles. The lowest BCUT2D eigenvalue weighted by Crippen LogP contribution is -2.14. The maximum atomic E-state index is 13.1. The van der Waals surface area contributed by atoms with E-state index in [1.165, 1.54) is 17.5 Å². The van der Waals surface area contributed by atoms with E-state index in [9.17, 15) is 9.00 Å². The molecule has 0 fully saturated rings. The van der Waals surface area contributed by atoms with Gasteiger partial charge in [-0.2, -0.15) is 5.10 Å². The second kappa shape index (κ2) is 7.95. The number of aryl methyl sites for hydroxylation is 2. The van der Waals surface area contributed by atoms with Crippen molar-refractivity contribution in [2.45, 2.75) is 30.7 Å². The number of nitrogens with one attached hydrogen (secondary N) is 1. The van der Waals surface area contributed by atoms with Gasteiger partial charge in [0.05, 0.1) is 12.1 Å². The summed E-state index contributed by atoms with van der Waals surface area (Å²) in [6.07, 6.45) is 4.99. The van der Waals surface area contributed by atoms with Crippen molar-refractivity contribution >= 4 is 37.9 Å². The van der Waals surface area contributed by atoms with Crippen molar-refractivity contribution in [3.05, 3.63) is 89.1 Å². The maximum absolute atomic E-state index is 13.1. The Hall–Kier alpha value is -3.38. The first-order valence-electron chi connectivity index (χ1n) is 10.7. The van der Waals surface area contributed by atoms with Gasteiger partial charge in [0.2, 0.25) is 0 Å². The summed E-state index contributed by atoms with van der Waals surface area (Å²) in [5.74, 6) is 3.53. The number of hydrogen-bond donors (Lipinski definition) is 1. The number of aromatic nitrogens is 2. The lowest BCUT2D eigenvalue weighted by Gasteiger charge is -2.07. The van der Waals surface area contributed by atoms with Crippen LogP contribution in [0.2, 0.25) is 0 Å². The molecule has 0 saturated carbocycles. The van der Waals surface area contributed by atoms with E-state index in [-0.39, 0.29) is 5.91 Å². The Kier molecular flexibility index (Phi) is 5.10. The van der Waals surface area contributed by atoms with Gasteiger partial charge in [-0.1, -0.05) is 36.4 Å². The monoisotopic (exact) mass is 443 g/mol. The van der Waals surface area contributed by atoms with Gasteiger partial charge in [-0.25, -0.2) is 0 Å². The molecule has 1 aromatic heterocycles. The smallest absolute Gasteiger partial charge is 0.276 e. The fourth-order valence-corrected chi connectivity index (χ4v) is 5.02. The number of para-hydroxylation sites is 1. The Bertz CT molecular complexity index is 1430. The average Bonchev–Trinajstić information content (AvgIpc) is 3.38. The lowest BCUT2D eigenvalue weighted by molar-refractivity contribution is 0.102. The Labute approximate surface area is 188 Å². The van der Waals surface area contributed by atoms with E-state index in [0.29, 0.717) is 12.2 Å². The van der Waals surface area contributed by atoms with Gasteiger partial charge in [-0.05, 0) is 81.7 Å². The number of rotatable bonds is 5. The SMILES string of the molecule is C=S(C)(=O)c1ccc(Cn2nc(C(=O)Nc3ccc4c(c3)CCC4)c3ccccc32)cc1. The molecule has 1 aliphatic rings. The van der Waals surface area contributed by atoms with Crippen LogP contribution >= 0.6 is 0 Å². The third-order valence-corrected chi connectivity index (χ3v) is 7.25. The van der Waals surface area contributed by atoms with Crippen molar-refractivity contribution in [2.75, 3.05) is 11.6 Å². The molecule has 3 aromatic carbocycles. The quantitative estimate of drug-likeness (QED) is 0.461. The predicted octanol–water partition coefficient (Wildman–Crippen LogP) is 4.53. The van der Waals surface area contributed by atoms with Crippen LogP contribution in [0.1, 0.15) is 33.6 Å². The van der Waals surface area contributed by atoms with E-state index in [1.54, 1.807) is 6.26 Å². The van der Waals surface area contributed by atoms with Crippen molar-refractivity contribution in [3.8, 4) is 0 Å². The molecule has 1 heterocycles. The molecule has 1 unspecified atom stereocenters. The number of amides is 1. The molecule has 162 valence electrons. The highest BCUT2D eigenvalue weighted by Crippen LogP contribution is 2.26. The molecule has 5 nitrogen and oxygen atoms in total. The molecule has 4 aromatic rings. The van der Waals surface area contributed by atoms with Gasteiger partial charge in [0, 0.05) is 22.2 Å². The molecule has 6 heteroatoms. The van der Waals surface area contributed by atoms with Crippen LogP contribution in [0.3, 0.4) is 0 Å². The van der Waals surface area contributed by atoms with Gasteiger partial charge < -0.3 is 5.32 Å². The summed E-state index contributed by atoms with van der Waals surface area (Å²) in [6.45, 7) is 0.509. The second-order valence-corrected chi connectivity index (χ2v) is 10.9. The van der Waals surface area contributed by atoms with Crippen LogP contribution in [0.4, 0.5) is 5.69 Å². The normalized spacial score (nSPS) is 14.8. The van der Waals surface area contributed by atoms with E-state index in [1.807, 2.05) is 59.3 Å². The van der Waals surface area contributed by atoms with Crippen LogP contribution in [0.25, 0.3) is 10.9 Å². The van der Waals surface area contributed by atoms with Crippen LogP contribution in [-0.2, 0) is 28.9 Å². The Balaban J connectivity index is 1.44. The van der Waals surface area contributed by atoms with E-state index >= 15 is 0 Å². The minimum Gasteiger partial charge on any atom is -0.321 e. The number of carbonyl (C=O) groups is 1. The fourth-order valence-electron chi connectivity index (χ4n) is 4.31. The molecule has 32 heavy (non-hydrogen) atoms. The molecule has 5 rings (SSSR count). The minimum absolute atomic E-state index is 0.212. The molecule has 0 radical (unpaired) electrons. The summed E-state index contributed by atoms with van der Waals surface area (Å²) >= 11 is 0. The molecule has 1 amide bonds. The summed E-state index contributed by atoms with van der Waals surface area (Å²) in [7, 11) is -2.24. The highest BCUT2D eigenvalue weighted by molar-refractivity contribution is 7.99. The zero-order valence-corrected chi connectivity index (χ0v) is 18.8. The first kappa shape index (κ1) is 20.5. The number of benzene rings is 3. The van der Waals surface area contributed by atoms with E-state index in [4.69, 9.17) is 0 Å². The molecule has 0 aliphatic heterocycles. The van der Waals surface area contributed by atoms with E-state index < -0.39 is 9.52 Å². The highest BCUT2D eigenvalue weighted by Gasteiger charge is 2.18. The number of hydrogen-bond acceptors (Lipinski definition) is 3. The Morgan fingerprint density at radius 2 is 1.81 bits per heavy atom. The molecule has 0 bridgehead atoms. The van der Waals surface area contributed by atoms with Crippen molar-refractivity contribution in [3.63, 3.8) is 0 Å². The first-order valence-corrected chi connectivity index (χ1v) is 12.8. The van der Waals surface area contributed by atoms with Gasteiger partial charge in [-0.15, -0.1) is 0 Å². The summed E-state index contributed by atoms with van der Waals surface area (Å²) < 4.78 is 14.0. The summed E-state index contributed by atoms with van der Waals surface area (Å²) in [5.41, 5.74) is 5.82. The van der Waals surface area contributed by atoms with E-state index in [0.717, 1.165) is 39.9 Å². The number of nitrogens with zero attached hydrogens (tertiary/aromatic N) is 2. The van der Waals surface area contributed by atoms with Crippen LogP contribution in [0.15, 0.2) is 71.6 Å². The minimum atomic E-state index is -2.24. The van der Waals surface area contributed by atoms with Gasteiger partial charge in [0.15, 0.2) is 5.69 Å². The van der Waals surface area contributed by atoms with Crippen LogP contribution < -0.4 is 5.32 Å². The third-order valence-electron chi connectivity index (χ3n) is 5.98. The molecular weight excluding hydrogens is 418 g/mol. The predicted molar refractivity (Wildman–Crippen MR) is 131 cm³/mol. The topological polar surface area (TPSA) is 64.0 Å². The maximum Gasteiger partial charge on any atom is 0.276 e. The highest BCUT2D eigenvalue weighted by atomic mass is 32.2. The van der Waals surface area contributed by atoms with Gasteiger partial charge in [0.25, 0.3) is 5.91 Å². The third kappa shape index (κ3) is 3.94.